The lowest BCUT2D eigenvalue weighted by atomic mass is 10.1. The van der Waals surface area contributed by atoms with E-state index in [0.717, 1.165) is 25.2 Å². The minimum atomic E-state index is -0.284. The van der Waals surface area contributed by atoms with E-state index in [-0.39, 0.29) is 5.97 Å². The lowest BCUT2D eigenvalue weighted by Crippen LogP contribution is -2.22. The van der Waals surface area contributed by atoms with Gasteiger partial charge in [0.2, 0.25) is 0 Å². The van der Waals surface area contributed by atoms with Crippen LogP contribution in [0.25, 0.3) is 0 Å². The predicted molar refractivity (Wildman–Crippen MR) is 81.9 cm³/mol. The van der Waals surface area contributed by atoms with Crippen molar-refractivity contribution in [2.45, 2.75) is 20.0 Å². The summed E-state index contributed by atoms with van der Waals surface area (Å²) < 4.78 is 4.76. The highest BCUT2D eigenvalue weighted by Gasteiger charge is 2.09. The number of thiophene rings is 1. The molecule has 0 aliphatic carbocycles. The summed E-state index contributed by atoms with van der Waals surface area (Å²) in [5.41, 5.74) is 1.74. The molecule has 20 heavy (non-hydrogen) atoms. The minimum absolute atomic E-state index is 0.284. The molecule has 2 rings (SSSR count). The molecule has 1 aromatic carbocycles. The smallest absolute Gasteiger partial charge is 0.337 e. The van der Waals surface area contributed by atoms with Crippen LogP contribution < -0.4 is 0 Å². The van der Waals surface area contributed by atoms with Crippen LogP contribution in [0.2, 0.25) is 0 Å². The molecule has 0 fully saturated rings. The number of nitrogens with zero attached hydrogens (tertiary/aromatic N) is 1. The Morgan fingerprint density at radius 1 is 1.25 bits per heavy atom. The van der Waals surface area contributed by atoms with Crippen molar-refractivity contribution in [3.63, 3.8) is 0 Å². The Balaban J connectivity index is 2.05. The molecule has 0 aliphatic rings. The molecular weight excluding hydrogens is 270 g/mol. The van der Waals surface area contributed by atoms with Gasteiger partial charge in [0.15, 0.2) is 0 Å². The molecule has 0 spiro atoms. The Bertz CT molecular complexity index is 551. The van der Waals surface area contributed by atoms with E-state index in [0.29, 0.717) is 5.56 Å². The maximum atomic E-state index is 11.5. The number of methoxy groups -OCH3 is 1. The van der Waals surface area contributed by atoms with Gasteiger partial charge in [0.05, 0.1) is 12.7 Å². The Kier molecular flexibility index (Phi) is 5.32. The van der Waals surface area contributed by atoms with Crippen LogP contribution in [-0.2, 0) is 17.8 Å². The Hall–Kier alpha value is -1.65. The number of ether oxygens (including phenoxy) is 1. The summed E-state index contributed by atoms with van der Waals surface area (Å²) in [5.74, 6) is -0.284. The van der Waals surface area contributed by atoms with Crippen molar-refractivity contribution >= 4 is 17.3 Å². The van der Waals surface area contributed by atoms with Crippen LogP contribution in [0.4, 0.5) is 0 Å². The quantitative estimate of drug-likeness (QED) is 0.762. The maximum Gasteiger partial charge on any atom is 0.337 e. The van der Waals surface area contributed by atoms with Crippen LogP contribution in [0.15, 0.2) is 41.8 Å². The summed E-state index contributed by atoms with van der Waals surface area (Å²) in [4.78, 5) is 15.2. The number of esters is 1. The topological polar surface area (TPSA) is 29.5 Å². The third kappa shape index (κ3) is 3.92. The first kappa shape index (κ1) is 14.8. The van der Waals surface area contributed by atoms with Gasteiger partial charge in [-0.2, -0.15) is 0 Å². The van der Waals surface area contributed by atoms with Gasteiger partial charge in [-0.3, -0.25) is 4.90 Å². The highest BCUT2D eigenvalue weighted by atomic mass is 32.1. The zero-order chi connectivity index (χ0) is 14.4. The first-order valence-electron chi connectivity index (χ1n) is 6.65. The molecule has 0 bridgehead atoms. The Labute approximate surface area is 123 Å². The highest BCUT2D eigenvalue weighted by Crippen LogP contribution is 2.15. The van der Waals surface area contributed by atoms with Crippen molar-refractivity contribution in [3.05, 3.63) is 57.8 Å². The van der Waals surface area contributed by atoms with Crippen LogP contribution in [0.1, 0.15) is 27.7 Å². The SMILES string of the molecule is CCN(Cc1cccc(C(=O)OC)c1)Cc1cccs1. The second-order valence-corrected chi connectivity index (χ2v) is 5.61. The monoisotopic (exact) mass is 289 g/mol. The number of hydrogen-bond acceptors (Lipinski definition) is 4. The molecule has 0 radical (unpaired) electrons. The number of carbonyl (C=O) groups is 1. The molecule has 0 aliphatic heterocycles. The molecule has 106 valence electrons. The second-order valence-electron chi connectivity index (χ2n) is 4.57. The summed E-state index contributed by atoms with van der Waals surface area (Å²) in [6, 6.07) is 11.9. The summed E-state index contributed by atoms with van der Waals surface area (Å²) in [6.45, 7) is 4.90. The van der Waals surface area contributed by atoms with E-state index in [1.165, 1.54) is 12.0 Å². The van der Waals surface area contributed by atoms with Crippen LogP contribution in [0, 0.1) is 0 Å². The molecule has 3 nitrogen and oxygen atoms in total. The van der Waals surface area contributed by atoms with E-state index in [1.54, 1.807) is 17.4 Å². The molecular formula is C16H19NO2S. The van der Waals surface area contributed by atoms with Crippen molar-refractivity contribution in [3.8, 4) is 0 Å². The number of carbonyl (C=O) groups excluding carboxylic acids is 1. The van der Waals surface area contributed by atoms with Crippen LogP contribution in [-0.4, -0.2) is 24.5 Å². The molecule has 0 amide bonds. The summed E-state index contributed by atoms with van der Waals surface area (Å²) in [6.07, 6.45) is 0. The summed E-state index contributed by atoms with van der Waals surface area (Å²) in [7, 11) is 1.41. The first-order valence-corrected chi connectivity index (χ1v) is 7.53. The Morgan fingerprint density at radius 2 is 2.10 bits per heavy atom. The summed E-state index contributed by atoms with van der Waals surface area (Å²) in [5, 5.41) is 2.10. The molecule has 0 N–H and O–H groups in total. The zero-order valence-corrected chi connectivity index (χ0v) is 12.7. The fourth-order valence-electron chi connectivity index (χ4n) is 2.08. The predicted octanol–water partition coefficient (Wildman–Crippen LogP) is 3.56. The minimum Gasteiger partial charge on any atom is -0.465 e. The Morgan fingerprint density at radius 3 is 2.75 bits per heavy atom. The van der Waals surface area contributed by atoms with Gasteiger partial charge in [0.25, 0.3) is 0 Å². The van der Waals surface area contributed by atoms with E-state index in [2.05, 4.69) is 29.3 Å². The average molecular weight is 289 g/mol. The van der Waals surface area contributed by atoms with Gasteiger partial charge in [0.1, 0.15) is 0 Å². The van der Waals surface area contributed by atoms with Crippen molar-refractivity contribution < 1.29 is 9.53 Å². The van der Waals surface area contributed by atoms with Crippen molar-refractivity contribution in [2.75, 3.05) is 13.7 Å². The largest absolute Gasteiger partial charge is 0.465 e. The number of benzene rings is 1. The average Bonchev–Trinajstić information content (AvgIpc) is 2.99. The molecule has 0 saturated heterocycles. The normalized spacial score (nSPS) is 10.8. The van der Waals surface area contributed by atoms with E-state index in [1.807, 2.05) is 18.2 Å². The number of hydrogen-bond donors (Lipinski definition) is 0. The standard InChI is InChI=1S/C16H19NO2S/c1-3-17(12-15-8-5-9-20-15)11-13-6-4-7-14(10-13)16(18)19-2/h4-10H,3,11-12H2,1-2H3. The highest BCUT2D eigenvalue weighted by molar-refractivity contribution is 7.09. The van der Waals surface area contributed by atoms with Crippen molar-refractivity contribution in [1.82, 2.24) is 4.90 Å². The van der Waals surface area contributed by atoms with Gasteiger partial charge in [0, 0.05) is 18.0 Å². The van der Waals surface area contributed by atoms with E-state index >= 15 is 0 Å². The fraction of sp³-hybridized carbons (Fsp3) is 0.312. The van der Waals surface area contributed by atoms with Gasteiger partial charge < -0.3 is 4.74 Å². The third-order valence-corrected chi connectivity index (χ3v) is 4.02. The zero-order valence-electron chi connectivity index (χ0n) is 11.8. The van der Waals surface area contributed by atoms with Gasteiger partial charge >= 0.3 is 5.97 Å². The molecule has 0 unspecified atom stereocenters. The lowest BCUT2D eigenvalue weighted by molar-refractivity contribution is 0.0600. The molecule has 1 aromatic heterocycles. The van der Waals surface area contributed by atoms with Crippen LogP contribution in [0.3, 0.4) is 0 Å². The van der Waals surface area contributed by atoms with Gasteiger partial charge in [-0.25, -0.2) is 4.79 Å². The second kappa shape index (κ2) is 7.22. The maximum absolute atomic E-state index is 11.5. The fourth-order valence-corrected chi connectivity index (χ4v) is 2.82. The van der Waals surface area contributed by atoms with E-state index in [4.69, 9.17) is 4.74 Å². The van der Waals surface area contributed by atoms with Crippen molar-refractivity contribution in [1.29, 1.82) is 0 Å². The lowest BCUT2D eigenvalue weighted by Gasteiger charge is -2.19. The van der Waals surface area contributed by atoms with Gasteiger partial charge in [-0.1, -0.05) is 25.1 Å². The summed E-state index contributed by atoms with van der Waals surface area (Å²) >= 11 is 1.77. The van der Waals surface area contributed by atoms with E-state index in [9.17, 15) is 4.79 Å². The first-order chi connectivity index (χ1) is 9.72. The number of rotatable bonds is 6. The van der Waals surface area contributed by atoms with Gasteiger partial charge in [-0.05, 0) is 35.7 Å². The molecule has 2 aromatic rings. The molecule has 4 heteroatoms. The van der Waals surface area contributed by atoms with Gasteiger partial charge in [-0.15, -0.1) is 11.3 Å². The molecule has 0 atom stereocenters. The van der Waals surface area contributed by atoms with Crippen LogP contribution >= 0.6 is 11.3 Å². The van der Waals surface area contributed by atoms with E-state index < -0.39 is 0 Å². The molecule has 0 saturated carbocycles. The third-order valence-electron chi connectivity index (χ3n) is 3.16. The van der Waals surface area contributed by atoms with Crippen LogP contribution in [0.5, 0.6) is 0 Å². The molecule has 1 heterocycles. The van der Waals surface area contributed by atoms with Crippen molar-refractivity contribution in [2.24, 2.45) is 0 Å².